The average molecular weight is 183 g/mol. The van der Waals surface area contributed by atoms with Crippen LogP contribution in [0.5, 0.6) is 5.75 Å². The smallest absolute Gasteiger partial charge is 0.166 e. The number of aromatic hydroxyl groups is 1. The van der Waals surface area contributed by atoms with Crippen molar-refractivity contribution >= 4 is 11.5 Å². The molecular formula is C9H10FNO2. The van der Waals surface area contributed by atoms with Crippen LogP contribution in [-0.2, 0) is 0 Å². The number of ketones is 1. The van der Waals surface area contributed by atoms with E-state index in [1.165, 1.54) is 0 Å². The lowest BCUT2D eigenvalue weighted by Crippen LogP contribution is -2.00. The Hall–Kier alpha value is -1.58. The molecule has 0 amide bonds. The van der Waals surface area contributed by atoms with Crippen LogP contribution in [0.15, 0.2) is 12.1 Å². The van der Waals surface area contributed by atoms with Gasteiger partial charge in [0.2, 0.25) is 0 Å². The second-order valence-electron chi connectivity index (χ2n) is 2.67. The Morgan fingerprint density at radius 2 is 2.23 bits per heavy atom. The van der Waals surface area contributed by atoms with Crippen LogP contribution in [0.2, 0.25) is 0 Å². The number of benzene rings is 1. The number of halogens is 1. The predicted molar refractivity (Wildman–Crippen MR) is 47.1 cm³/mol. The van der Waals surface area contributed by atoms with E-state index in [1.807, 2.05) is 0 Å². The van der Waals surface area contributed by atoms with Crippen LogP contribution >= 0.6 is 0 Å². The van der Waals surface area contributed by atoms with Gasteiger partial charge in [0.15, 0.2) is 5.78 Å². The van der Waals surface area contributed by atoms with Crippen LogP contribution < -0.4 is 5.73 Å². The number of Topliss-reactive ketones (excluding diaryl/α,β-unsaturated/α-hetero) is 1. The van der Waals surface area contributed by atoms with Gasteiger partial charge in [-0.05, 0) is 6.07 Å². The minimum atomic E-state index is -0.618. The first-order chi connectivity index (χ1) is 6.06. The van der Waals surface area contributed by atoms with E-state index in [9.17, 15) is 14.3 Å². The Balaban J connectivity index is 3.28. The molecule has 13 heavy (non-hydrogen) atoms. The molecule has 0 bridgehead atoms. The third kappa shape index (κ3) is 1.77. The van der Waals surface area contributed by atoms with Crippen LogP contribution in [0.25, 0.3) is 0 Å². The number of hydrogen-bond acceptors (Lipinski definition) is 3. The Bertz CT molecular complexity index is 350. The fourth-order valence-electron chi connectivity index (χ4n) is 1.02. The summed E-state index contributed by atoms with van der Waals surface area (Å²) in [5, 5.41) is 9.31. The highest BCUT2D eigenvalue weighted by molar-refractivity contribution is 5.99. The molecule has 4 heteroatoms. The number of phenols is 1. The standard InChI is InChI=1S/C9H10FNO2/c1-2-8(12)6-3-5(10)4-7(11)9(6)13/h3-4,13H,2,11H2,1H3. The molecule has 70 valence electrons. The summed E-state index contributed by atoms with van der Waals surface area (Å²) in [5.74, 6) is -1.29. The summed E-state index contributed by atoms with van der Waals surface area (Å²) in [6, 6.07) is 1.96. The molecule has 0 fully saturated rings. The number of carbonyl (C=O) groups excluding carboxylic acids is 1. The Morgan fingerprint density at radius 1 is 1.62 bits per heavy atom. The summed E-state index contributed by atoms with van der Waals surface area (Å²) in [5.41, 5.74) is 5.10. The van der Waals surface area contributed by atoms with Crippen LogP contribution in [0, 0.1) is 5.82 Å². The fraction of sp³-hybridized carbons (Fsp3) is 0.222. The van der Waals surface area contributed by atoms with Crippen LogP contribution in [0.4, 0.5) is 10.1 Å². The molecule has 0 unspecified atom stereocenters. The summed E-state index contributed by atoms with van der Waals surface area (Å²) < 4.78 is 12.8. The second-order valence-corrected chi connectivity index (χ2v) is 2.67. The van der Waals surface area contributed by atoms with Crippen LogP contribution in [-0.4, -0.2) is 10.9 Å². The van der Waals surface area contributed by atoms with Gasteiger partial charge in [-0.1, -0.05) is 6.92 Å². The van der Waals surface area contributed by atoms with Gasteiger partial charge < -0.3 is 10.8 Å². The minimum Gasteiger partial charge on any atom is -0.505 e. The van der Waals surface area contributed by atoms with Crippen molar-refractivity contribution in [2.75, 3.05) is 5.73 Å². The van der Waals surface area contributed by atoms with Gasteiger partial charge in [0.25, 0.3) is 0 Å². The number of anilines is 1. The summed E-state index contributed by atoms with van der Waals surface area (Å²) in [7, 11) is 0. The highest BCUT2D eigenvalue weighted by Gasteiger charge is 2.13. The summed E-state index contributed by atoms with van der Waals surface area (Å²) in [6.45, 7) is 1.63. The van der Waals surface area contributed by atoms with Crippen LogP contribution in [0.1, 0.15) is 23.7 Å². The van der Waals surface area contributed by atoms with Crippen molar-refractivity contribution in [3.63, 3.8) is 0 Å². The highest BCUT2D eigenvalue weighted by atomic mass is 19.1. The van der Waals surface area contributed by atoms with Gasteiger partial charge in [-0.15, -0.1) is 0 Å². The van der Waals surface area contributed by atoms with Crippen molar-refractivity contribution in [3.05, 3.63) is 23.5 Å². The first-order valence-electron chi connectivity index (χ1n) is 3.87. The maximum Gasteiger partial charge on any atom is 0.166 e. The summed E-state index contributed by atoms with van der Waals surface area (Å²) in [4.78, 5) is 11.2. The zero-order valence-electron chi connectivity index (χ0n) is 7.17. The molecule has 0 aliphatic heterocycles. The molecule has 0 saturated heterocycles. The molecule has 0 aliphatic rings. The van der Waals surface area contributed by atoms with Crippen molar-refractivity contribution in [3.8, 4) is 5.75 Å². The van der Waals surface area contributed by atoms with Gasteiger partial charge >= 0.3 is 0 Å². The highest BCUT2D eigenvalue weighted by Crippen LogP contribution is 2.27. The first kappa shape index (κ1) is 9.51. The van der Waals surface area contributed by atoms with E-state index in [1.54, 1.807) is 6.92 Å². The lowest BCUT2D eigenvalue weighted by Gasteiger charge is -2.04. The quantitative estimate of drug-likeness (QED) is 0.416. The zero-order chi connectivity index (χ0) is 10.0. The number of nitrogens with two attached hydrogens (primary N) is 1. The van der Waals surface area contributed by atoms with E-state index < -0.39 is 5.82 Å². The number of nitrogen functional groups attached to an aromatic ring is 1. The maximum absolute atomic E-state index is 12.8. The largest absolute Gasteiger partial charge is 0.505 e. The van der Waals surface area contributed by atoms with Crippen molar-refractivity contribution in [1.82, 2.24) is 0 Å². The molecule has 3 N–H and O–H groups in total. The first-order valence-corrected chi connectivity index (χ1v) is 3.87. The van der Waals surface area contributed by atoms with Gasteiger partial charge in [0, 0.05) is 12.5 Å². The SMILES string of the molecule is CCC(=O)c1cc(F)cc(N)c1O. The molecule has 0 atom stereocenters. The van der Waals surface area contributed by atoms with Crippen LogP contribution in [0.3, 0.4) is 0 Å². The molecule has 1 aromatic carbocycles. The van der Waals surface area contributed by atoms with Gasteiger partial charge in [0.05, 0.1) is 11.3 Å². The predicted octanol–water partition coefficient (Wildman–Crippen LogP) is 1.71. The number of hydrogen-bond donors (Lipinski definition) is 2. The number of phenolic OH excluding ortho intramolecular Hbond substituents is 1. The average Bonchev–Trinajstić information content (AvgIpc) is 2.10. The second kappa shape index (κ2) is 3.43. The Morgan fingerprint density at radius 3 is 2.77 bits per heavy atom. The van der Waals surface area contributed by atoms with E-state index in [-0.39, 0.29) is 29.2 Å². The van der Waals surface area contributed by atoms with E-state index in [4.69, 9.17) is 5.73 Å². The molecule has 0 saturated carbocycles. The molecule has 1 aromatic rings. The lowest BCUT2D eigenvalue weighted by atomic mass is 10.1. The van der Waals surface area contributed by atoms with E-state index in [0.717, 1.165) is 12.1 Å². The molecule has 3 nitrogen and oxygen atoms in total. The van der Waals surface area contributed by atoms with Crippen molar-refractivity contribution in [2.24, 2.45) is 0 Å². The number of rotatable bonds is 2. The van der Waals surface area contributed by atoms with Crippen molar-refractivity contribution in [2.45, 2.75) is 13.3 Å². The lowest BCUT2D eigenvalue weighted by molar-refractivity contribution is 0.0985. The normalized spacial score (nSPS) is 10.0. The molecule has 0 aromatic heterocycles. The van der Waals surface area contributed by atoms with E-state index in [2.05, 4.69) is 0 Å². The van der Waals surface area contributed by atoms with E-state index >= 15 is 0 Å². The summed E-state index contributed by atoms with van der Waals surface area (Å²) >= 11 is 0. The maximum atomic E-state index is 12.8. The number of carbonyl (C=O) groups is 1. The van der Waals surface area contributed by atoms with Gasteiger partial charge in [-0.2, -0.15) is 0 Å². The summed E-state index contributed by atoms with van der Waals surface area (Å²) in [6.07, 6.45) is 0.205. The molecule has 0 spiro atoms. The van der Waals surface area contributed by atoms with Crippen molar-refractivity contribution in [1.29, 1.82) is 0 Å². The Labute approximate surface area is 75.0 Å². The third-order valence-corrected chi connectivity index (χ3v) is 1.73. The van der Waals surface area contributed by atoms with Gasteiger partial charge in [-0.25, -0.2) is 4.39 Å². The Kier molecular flexibility index (Phi) is 2.51. The van der Waals surface area contributed by atoms with Gasteiger partial charge in [-0.3, -0.25) is 4.79 Å². The fourth-order valence-corrected chi connectivity index (χ4v) is 1.02. The molecule has 0 heterocycles. The van der Waals surface area contributed by atoms with Gasteiger partial charge in [0.1, 0.15) is 11.6 Å². The molecule has 0 radical (unpaired) electrons. The molecule has 1 rings (SSSR count). The monoisotopic (exact) mass is 183 g/mol. The minimum absolute atomic E-state index is 0.0556. The van der Waals surface area contributed by atoms with E-state index in [0.29, 0.717) is 0 Å². The van der Waals surface area contributed by atoms with Crippen molar-refractivity contribution < 1.29 is 14.3 Å². The zero-order valence-corrected chi connectivity index (χ0v) is 7.17. The molecular weight excluding hydrogens is 173 g/mol. The molecule has 0 aliphatic carbocycles. The topological polar surface area (TPSA) is 63.3 Å². The third-order valence-electron chi connectivity index (χ3n) is 1.73.